The maximum Gasteiger partial charge on any atom is 0.0194 e. The zero-order valence-corrected chi connectivity index (χ0v) is 6.01. The number of allylic oxidation sites excluding steroid dienone is 2. The summed E-state index contributed by atoms with van der Waals surface area (Å²) in [5.41, 5.74) is 0. The standard InChI is InChI=1S/C6H5PS/c1-3-7-5-2-4-8-6(1)5/h1-3H,4H2. The van der Waals surface area contributed by atoms with E-state index in [2.05, 4.69) is 17.9 Å². The summed E-state index contributed by atoms with van der Waals surface area (Å²) in [4.78, 5) is 1.49. The summed E-state index contributed by atoms with van der Waals surface area (Å²) in [5, 5.41) is 1.52. The van der Waals surface area contributed by atoms with Crippen molar-refractivity contribution in [2.75, 3.05) is 5.75 Å². The van der Waals surface area contributed by atoms with E-state index in [0.29, 0.717) is 0 Å². The molecular weight excluding hydrogens is 135 g/mol. The Labute approximate surface area is 54.5 Å². The average Bonchev–Trinajstić information content (AvgIpc) is 2.15. The van der Waals surface area contributed by atoms with Crippen LogP contribution in [0.2, 0.25) is 0 Å². The van der Waals surface area contributed by atoms with Gasteiger partial charge < -0.3 is 0 Å². The molecule has 2 heteroatoms. The minimum Gasteiger partial charge on any atom is -0.121 e. The fourth-order valence-electron chi connectivity index (χ4n) is 0.820. The van der Waals surface area contributed by atoms with Crippen LogP contribution in [-0.2, 0) is 0 Å². The first kappa shape index (κ1) is 4.84. The predicted octanol–water partition coefficient (Wildman–Crippen LogP) is 2.26. The first-order valence-corrected chi connectivity index (χ1v) is 4.49. The first-order chi connectivity index (χ1) is 3.97. The summed E-state index contributed by atoms with van der Waals surface area (Å²) in [6.07, 6.45) is 4.52. The van der Waals surface area contributed by atoms with Crippen LogP contribution >= 0.6 is 20.0 Å². The molecule has 0 aromatic rings. The van der Waals surface area contributed by atoms with Gasteiger partial charge in [-0.05, 0) is 11.9 Å². The molecule has 2 heterocycles. The third kappa shape index (κ3) is 0.586. The Hall–Kier alpha value is -0.0000000000000000555. The van der Waals surface area contributed by atoms with Crippen LogP contribution in [0.3, 0.4) is 0 Å². The van der Waals surface area contributed by atoms with E-state index in [9.17, 15) is 0 Å². The molecule has 0 spiro atoms. The molecule has 0 saturated carbocycles. The van der Waals surface area contributed by atoms with E-state index in [1.807, 2.05) is 11.8 Å². The zero-order valence-electron chi connectivity index (χ0n) is 4.29. The van der Waals surface area contributed by atoms with Crippen LogP contribution in [0.25, 0.3) is 0 Å². The summed E-state index contributed by atoms with van der Waals surface area (Å²) in [6, 6.07) is 0. The monoisotopic (exact) mass is 140 g/mol. The maximum atomic E-state index is 2.31. The van der Waals surface area contributed by atoms with Gasteiger partial charge in [0.05, 0.1) is 0 Å². The van der Waals surface area contributed by atoms with Gasteiger partial charge in [-0.2, -0.15) is 0 Å². The predicted molar refractivity (Wildman–Crippen MR) is 41.6 cm³/mol. The van der Waals surface area contributed by atoms with Crippen LogP contribution in [0, 0.1) is 0 Å². The van der Waals surface area contributed by atoms with Crippen molar-refractivity contribution in [1.82, 2.24) is 0 Å². The van der Waals surface area contributed by atoms with E-state index in [1.165, 1.54) is 24.2 Å². The minimum atomic E-state index is 1.20. The Balaban J connectivity index is 2.49. The molecule has 2 rings (SSSR count). The van der Waals surface area contributed by atoms with Crippen molar-refractivity contribution >= 4 is 25.8 Å². The number of hydrogen-bond acceptors (Lipinski definition) is 1. The Kier molecular flexibility index (Phi) is 1.06. The topological polar surface area (TPSA) is 0 Å². The third-order valence-electron chi connectivity index (χ3n) is 1.21. The van der Waals surface area contributed by atoms with E-state index < -0.39 is 0 Å². The molecule has 40 valence electrons. The highest BCUT2D eigenvalue weighted by atomic mass is 32.2. The highest BCUT2D eigenvalue weighted by Gasteiger charge is 2.11. The van der Waals surface area contributed by atoms with Crippen LogP contribution in [0.5, 0.6) is 0 Å². The van der Waals surface area contributed by atoms with Crippen molar-refractivity contribution in [2.45, 2.75) is 0 Å². The second kappa shape index (κ2) is 1.75. The third-order valence-corrected chi connectivity index (χ3v) is 3.36. The Morgan fingerprint density at radius 1 is 1.62 bits per heavy atom. The second-order valence-electron chi connectivity index (χ2n) is 1.71. The highest BCUT2D eigenvalue weighted by Crippen LogP contribution is 2.40. The number of rotatable bonds is 0. The van der Waals surface area contributed by atoms with Gasteiger partial charge in [0.1, 0.15) is 0 Å². The SMILES string of the molecule is C1=PC2=CCSC2=C1. The van der Waals surface area contributed by atoms with Crippen molar-refractivity contribution in [3.8, 4) is 0 Å². The lowest BCUT2D eigenvalue weighted by Gasteiger charge is -1.86. The van der Waals surface area contributed by atoms with Gasteiger partial charge in [0.2, 0.25) is 0 Å². The smallest absolute Gasteiger partial charge is 0.0194 e. The van der Waals surface area contributed by atoms with Gasteiger partial charge in [0, 0.05) is 16.0 Å². The zero-order chi connectivity index (χ0) is 5.40. The lowest BCUT2D eigenvalue weighted by Crippen LogP contribution is -1.60. The van der Waals surface area contributed by atoms with Gasteiger partial charge in [-0.25, -0.2) is 0 Å². The van der Waals surface area contributed by atoms with Crippen molar-refractivity contribution in [3.05, 3.63) is 22.4 Å². The molecule has 0 unspecified atom stereocenters. The van der Waals surface area contributed by atoms with E-state index in [4.69, 9.17) is 0 Å². The molecule has 0 radical (unpaired) electrons. The molecule has 0 N–H and O–H groups in total. The molecule has 8 heavy (non-hydrogen) atoms. The molecule has 2 aliphatic rings. The molecule has 0 bridgehead atoms. The lowest BCUT2D eigenvalue weighted by molar-refractivity contribution is 1.80. The first-order valence-electron chi connectivity index (χ1n) is 2.54. The molecular formula is C6H5PS. The molecule has 2 aliphatic heterocycles. The van der Waals surface area contributed by atoms with Crippen molar-refractivity contribution in [2.24, 2.45) is 0 Å². The number of fused-ring (bicyclic) bond motifs is 1. The van der Waals surface area contributed by atoms with Crippen LogP contribution in [0.4, 0.5) is 0 Å². The van der Waals surface area contributed by atoms with Crippen molar-refractivity contribution < 1.29 is 0 Å². The fraction of sp³-hybridized carbons (Fsp3) is 0.167. The summed E-state index contributed by atoms with van der Waals surface area (Å²) in [6.45, 7) is 0. The molecule has 0 aliphatic carbocycles. The van der Waals surface area contributed by atoms with Gasteiger partial charge in [0.15, 0.2) is 0 Å². The van der Waals surface area contributed by atoms with E-state index in [1.54, 1.807) is 0 Å². The summed E-state index contributed by atoms with van der Waals surface area (Å²) in [7, 11) is 1.40. The van der Waals surface area contributed by atoms with Crippen molar-refractivity contribution in [3.63, 3.8) is 0 Å². The van der Waals surface area contributed by atoms with Gasteiger partial charge in [0.25, 0.3) is 0 Å². The van der Waals surface area contributed by atoms with Crippen LogP contribution in [-0.4, -0.2) is 11.5 Å². The lowest BCUT2D eigenvalue weighted by atomic mass is 10.5. The van der Waals surface area contributed by atoms with Crippen LogP contribution in [0.15, 0.2) is 22.4 Å². The molecule has 0 amide bonds. The molecule has 0 nitrogen and oxygen atoms in total. The maximum absolute atomic E-state index is 2.31. The van der Waals surface area contributed by atoms with Crippen LogP contribution < -0.4 is 0 Å². The largest absolute Gasteiger partial charge is 0.121 e. The molecule has 0 saturated heterocycles. The summed E-state index contributed by atoms with van der Waals surface area (Å²) in [5.74, 6) is 3.40. The average molecular weight is 140 g/mol. The second-order valence-corrected chi connectivity index (χ2v) is 3.81. The van der Waals surface area contributed by atoms with Crippen LogP contribution in [0.1, 0.15) is 0 Å². The van der Waals surface area contributed by atoms with Gasteiger partial charge in [-0.1, -0.05) is 14.3 Å². The quantitative estimate of drug-likeness (QED) is 0.465. The van der Waals surface area contributed by atoms with Crippen molar-refractivity contribution in [1.29, 1.82) is 0 Å². The Bertz CT molecular complexity index is 201. The molecule has 0 fully saturated rings. The normalized spacial score (nSPS) is 25.0. The molecule has 0 aromatic heterocycles. The Morgan fingerprint density at radius 3 is 3.50 bits per heavy atom. The molecule has 0 atom stereocenters. The van der Waals surface area contributed by atoms with Gasteiger partial charge in [-0.3, -0.25) is 0 Å². The molecule has 0 aromatic carbocycles. The van der Waals surface area contributed by atoms with E-state index in [0.717, 1.165) is 0 Å². The van der Waals surface area contributed by atoms with E-state index in [-0.39, 0.29) is 0 Å². The summed E-state index contributed by atoms with van der Waals surface area (Å²) >= 11 is 1.94. The summed E-state index contributed by atoms with van der Waals surface area (Å²) < 4.78 is 0. The minimum absolute atomic E-state index is 1.20. The number of hydrogen-bond donors (Lipinski definition) is 0. The highest BCUT2D eigenvalue weighted by molar-refractivity contribution is 8.04. The fourth-order valence-corrected chi connectivity index (χ4v) is 3.00. The van der Waals surface area contributed by atoms with Gasteiger partial charge in [-0.15, -0.1) is 11.8 Å². The Morgan fingerprint density at radius 2 is 2.62 bits per heavy atom. The van der Waals surface area contributed by atoms with Gasteiger partial charge >= 0.3 is 0 Å². The van der Waals surface area contributed by atoms with E-state index >= 15 is 0 Å². The number of thioether (sulfide) groups is 1.